The molecule has 1 heterocycles. The van der Waals surface area contributed by atoms with Crippen molar-refractivity contribution in [1.82, 2.24) is 10.2 Å². The molecule has 6 heteroatoms. The largest absolute Gasteiger partial charge is 0.350 e. The molecule has 0 aliphatic heterocycles. The van der Waals surface area contributed by atoms with Crippen LogP contribution in [-0.4, -0.2) is 31.4 Å². The van der Waals surface area contributed by atoms with Crippen LogP contribution in [-0.2, 0) is 0 Å². The van der Waals surface area contributed by atoms with Gasteiger partial charge >= 0.3 is 0 Å². The van der Waals surface area contributed by atoms with Crippen LogP contribution in [0.2, 0.25) is 0 Å². The Kier molecular flexibility index (Phi) is 5.50. The second-order valence-corrected chi connectivity index (χ2v) is 6.57. The first-order valence-corrected chi connectivity index (χ1v) is 8.14. The number of nitrogens with zero attached hydrogens (tertiary/aromatic N) is 1. The number of halogens is 2. The molecule has 0 aliphatic carbocycles. The first-order valence-electron chi connectivity index (χ1n) is 6.41. The lowest BCUT2D eigenvalue weighted by Crippen LogP contribution is -2.34. The van der Waals surface area contributed by atoms with E-state index in [2.05, 4.69) is 26.6 Å². The van der Waals surface area contributed by atoms with E-state index in [1.165, 1.54) is 12.1 Å². The fraction of sp³-hybridized carbons (Fsp3) is 0.267. The van der Waals surface area contributed by atoms with Gasteiger partial charge in [-0.25, -0.2) is 4.39 Å². The number of carbonyl (C=O) groups excluding carboxylic acids is 1. The molecule has 0 spiro atoms. The Labute approximate surface area is 135 Å². The summed E-state index contributed by atoms with van der Waals surface area (Å²) in [6.45, 7) is 0.429. The Morgan fingerprint density at radius 2 is 2.19 bits per heavy atom. The van der Waals surface area contributed by atoms with Crippen LogP contribution in [0.1, 0.15) is 22.0 Å². The summed E-state index contributed by atoms with van der Waals surface area (Å²) in [4.78, 5) is 14.1. The summed E-state index contributed by atoms with van der Waals surface area (Å²) in [6.07, 6.45) is 0. The highest BCUT2D eigenvalue weighted by Crippen LogP contribution is 2.20. The van der Waals surface area contributed by atoms with Crippen molar-refractivity contribution < 1.29 is 9.18 Å². The van der Waals surface area contributed by atoms with Crippen LogP contribution in [0.15, 0.2) is 39.5 Å². The zero-order valence-corrected chi connectivity index (χ0v) is 14.2. The molecule has 0 saturated carbocycles. The molecule has 0 fully saturated rings. The van der Waals surface area contributed by atoms with E-state index in [0.717, 1.165) is 5.56 Å². The smallest absolute Gasteiger partial charge is 0.254 e. The predicted octanol–water partition coefficient (Wildman–Crippen LogP) is 3.68. The quantitative estimate of drug-likeness (QED) is 0.870. The molecule has 1 amide bonds. The molecule has 0 aliphatic rings. The van der Waals surface area contributed by atoms with Crippen molar-refractivity contribution in [2.24, 2.45) is 0 Å². The molecule has 1 N–H and O–H groups in total. The number of hydrogen-bond acceptors (Lipinski definition) is 3. The summed E-state index contributed by atoms with van der Waals surface area (Å²) < 4.78 is 14.4. The zero-order chi connectivity index (χ0) is 15.4. The minimum absolute atomic E-state index is 0.0565. The maximum atomic E-state index is 13.8. The lowest BCUT2D eigenvalue weighted by atomic mass is 10.1. The molecular weight excluding hydrogens is 355 g/mol. The van der Waals surface area contributed by atoms with Gasteiger partial charge in [0.15, 0.2) is 0 Å². The van der Waals surface area contributed by atoms with Gasteiger partial charge in [0, 0.05) is 11.0 Å². The van der Waals surface area contributed by atoms with Crippen LogP contribution < -0.4 is 5.32 Å². The van der Waals surface area contributed by atoms with Gasteiger partial charge in [-0.05, 0) is 54.7 Å². The fourth-order valence-electron chi connectivity index (χ4n) is 2.02. The minimum Gasteiger partial charge on any atom is -0.350 e. The molecular formula is C15H16BrFN2OS. The van der Waals surface area contributed by atoms with Crippen LogP contribution >= 0.6 is 27.3 Å². The summed E-state index contributed by atoms with van der Waals surface area (Å²) in [6, 6.07) is 6.52. The van der Waals surface area contributed by atoms with Gasteiger partial charge in [-0.1, -0.05) is 15.9 Å². The molecule has 0 bridgehead atoms. The summed E-state index contributed by atoms with van der Waals surface area (Å²) >= 11 is 4.79. The van der Waals surface area contributed by atoms with Crippen molar-refractivity contribution in [2.45, 2.75) is 6.04 Å². The van der Waals surface area contributed by atoms with Crippen molar-refractivity contribution in [2.75, 3.05) is 20.6 Å². The Morgan fingerprint density at radius 1 is 1.43 bits per heavy atom. The molecule has 21 heavy (non-hydrogen) atoms. The first kappa shape index (κ1) is 16.1. The monoisotopic (exact) mass is 370 g/mol. The van der Waals surface area contributed by atoms with Crippen molar-refractivity contribution in [3.63, 3.8) is 0 Å². The van der Waals surface area contributed by atoms with E-state index in [0.29, 0.717) is 11.0 Å². The molecule has 0 radical (unpaired) electrons. The number of hydrogen-bond donors (Lipinski definition) is 1. The van der Waals surface area contributed by atoms with Crippen LogP contribution in [0.5, 0.6) is 0 Å². The molecule has 0 saturated heterocycles. The van der Waals surface area contributed by atoms with Gasteiger partial charge < -0.3 is 10.2 Å². The zero-order valence-electron chi connectivity index (χ0n) is 11.8. The molecule has 1 atom stereocenters. The van der Waals surface area contributed by atoms with Crippen molar-refractivity contribution in [3.05, 3.63) is 56.4 Å². The average molecular weight is 371 g/mol. The summed E-state index contributed by atoms with van der Waals surface area (Å²) in [5.74, 6) is -0.930. The van der Waals surface area contributed by atoms with E-state index in [1.54, 1.807) is 17.4 Å². The normalized spacial score (nSPS) is 12.4. The van der Waals surface area contributed by atoms with Crippen LogP contribution in [0.3, 0.4) is 0 Å². The lowest BCUT2D eigenvalue weighted by Gasteiger charge is -2.24. The molecule has 1 aromatic heterocycles. The molecule has 3 nitrogen and oxygen atoms in total. The fourth-order valence-corrected chi connectivity index (χ4v) is 3.06. The maximum Gasteiger partial charge on any atom is 0.254 e. The second kappa shape index (κ2) is 7.15. The predicted molar refractivity (Wildman–Crippen MR) is 87.2 cm³/mol. The molecule has 1 unspecified atom stereocenters. The summed E-state index contributed by atoms with van der Waals surface area (Å²) in [5.41, 5.74) is 1.20. The van der Waals surface area contributed by atoms with Gasteiger partial charge in [0.1, 0.15) is 5.82 Å². The minimum atomic E-state index is -0.529. The third kappa shape index (κ3) is 4.12. The summed E-state index contributed by atoms with van der Waals surface area (Å²) in [7, 11) is 3.91. The van der Waals surface area contributed by atoms with E-state index in [9.17, 15) is 9.18 Å². The van der Waals surface area contributed by atoms with Crippen molar-refractivity contribution >= 4 is 33.2 Å². The van der Waals surface area contributed by atoms with Crippen LogP contribution in [0.4, 0.5) is 4.39 Å². The van der Waals surface area contributed by atoms with Crippen LogP contribution in [0, 0.1) is 5.82 Å². The third-order valence-corrected chi connectivity index (χ3v) is 4.38. The Morgan fingerprint density at radius 3 is 2.76 bits per heavy atom. The molecule has 1 aromatic carbocycles. The van der Waals surface area contributed by atoms with Gasteiger partial charge in [0.2, 0.25) is 0 Å². The van der Waals surface area contributed by atoms with E-state index < -0.39 is 11.7 Å². The second-order valence-electron chi connectivity index (χ2n) is 4.87. The lowest BCUT2D eigenvalue weighted by molar-refractivity contribution is 0.0938. The number of nitrogens with one attached hydrogen (secondary N) is 1. The third-order valence-electron chi connectivity index (χ3n) is 3.18. The SMILES string of the molecule is CN(C)C(CNC(=O)c1ccc(Br)cc1F)c1ccsc1. The van der Waals surface area contributed by atoms with E-state index in [-0.39, 0.29) is 11.6 Å². The molecule has 112 valence electrons. The number of benzene rings is 1. The number of rotatable bonds is 5. The number of amides is 1. The van der Waals surface area contributed by atoms with Gasteiger partial charge in [-0.3, -0.25) is 4.79 Å². The van der Waals surface area contributed by atoms with E-state index >= 15 is 0 Å². The first-order chi connectivity index (χ1) is 9.99. The molecule has 2 rings (SSSR count). The van der Waals surface area contributed by atoms with E-state index in [1.807, 2.05) is 30.4 Å². The van der Waals surface area contributed by atoms with Gasteiger partial charge in [0.05, 0.1) is 11.6 Å². The maximum absolute atomic E-state index is 13.8. The van der Waals surface area contributed by atoms with E-state index in [4.69, 9.17) is 0 Å². The van der Waals surface area contributed by atoms with Gasteiger partial charge in [0.25, 0.3) is 5.91 Å². The summed E-state index contributed by atoms with van der Waals surface area (Å²) in [5, 5.41) is 6.85. The Bertz CT molecular complexity index is 616. The van der Waals surface area contributed by atoms with Crippen molar-refractivity contribution in [3.8, 4) is 0 Å². The number of thiophene rings is 1. The van der Waals surface area contributed by atoms with Crippen molar-refractivity contribution in [1.29, 1.82) is 0 Å². The molecule has 2 aromatic rings. The highest BCUT2D eigenvalue weighted by molar-refractivity contribution is 9.10. The number of likely N-dealkylation sites (N-methyl/N-ethyl adjacent to an activating group) is 1. The highest BCUT2D eigenvalue weighted by atomic mass is 79.9. The highest BCUT2D eigenvalue weighted by Gasteiger charge is 2.17. The Balaban J connectivity index is 2.05. The van der Waals surface area contributed by atoms with Gasteiger partial charge in [-0.15, -0.1) is 0 Å². The standard InChI is InChI=1S/C15H16BrFN2OS/c1-19(2)14(10-5-6-21-9-10)8-18-15(20)12-4-3-11(16)7-13(12)17/h3-7,9,14H,8H2,1-2H3,(H,18,20). The van der Waals surface area contributed by atoms with Crippen LogP contribution in [0.25, 0.3) is 0 Å². The number of carbonyl (C=O) groups is 1. The van der Waals surface area contributed by atoms with Gasteiger partial charge in [-0.2, -0.15) is 11.3 Å². The topological polar surface area (TPSA) is 32.3 Å². The Hall–Kier alpha value is -1.24. The average Bonchev–Trinajstić information content (AvgIpc) is 2.92.